The molecule has 3 N–H and O–H groups in total. The van der Waals surface area contributed by atoms with Gasteiger partial charge < -0.3 is 10.5 Å². The zero-order chi connectivity index (χ0) is 13.9. The highest BCUT2D eigenvalue weighted by molar-refractivity contribution is 6.30. The van der Waals surface area contributed by atoms with Crippen LogP contribution in [0.1, 0.15) is 25.3 Å². The van der Waals surface area contributed by atoms with Crippen molar-refractivity contribution in [1.82, 2.24) is 5.32 Å². The molecule has 2 atom stereocenters. The highest BCUT2D eigenvalue weighted by atomic mass is 35.5. The average Bonchev–Trinajstić information content (AvgIpc) is 2.88. The summed E-state index contributed by atoms with van der Waals surface area (Å²) in [4.78, 5) is 11.8. The zero-order valence-corrected chi connectivity index (χ0v) is 11.7. The lowest BCUT2D eigenvalue weighted by atomic mass is 9.91. The summed E-state index contributed by atoms with van der Waals surface area (Å²) in [6.45, 7) is 3.17. The minimum atomic E-state index is -0.934. The lowest BCUT2D eigenvalue weighted by Gasteiger charge is -2.29. The summed E-state index contributed by atoms with van der Waals surface area (Å²) in [5, 5.41) is 3.81. The smallest absolute Gasteiger partial charge is 0.242 e. The first-order valence-electron chi connectivity index (χ1n) is 6.45. The number of amides is 1. The van der Waals surface area contributed by atoms with Crippen molar-refractivity contribution < 1.29 is 9.53 Å². The van der Waals surface area contributed by atoms with Gasteiger partial charge in [0.15, 0.2) is 0 Å². The molecule has 1 aliphatic rings. The molecular weight excluding hydrogens is 264 g/mol. The topological polar surface area (TPSA) is 64.3 Å². The summed E-state index contributed by atoms with van der Waals surface area (Å²) in [5.74, 6) is -0.423. The van der Waals surface area contributed by atoms with Crippen molar-refractivity contribution in [2.24, 2.45) is 5.73 Å². The van der Waals surface area contributed by atoms with E-state index < -0.39 is 11.4 Å². The predicted molar refractivity (Wildman–Crippen MR) is 75.0 cm³/mol. The molecule has 0 aromatic heterocycles. The zero-order valence-electron chi connectivity index (χ0n) is 11.0. The normalized spacial score (nSPS) is 22.1. The number of ether oxygens (including phenoxy) is 1. The Morgan fingerprint density at radius 1 is 1.63 bits per heavy atom. The summed E-state index contributed by atoms with van der Waals surface area (Å²) >= 11 is 5.98. The highest BCUT2D eigenvalue weighted by Gasteiger charge is 2.34. The fourth-order valence-electron chi connectivity index (χ4n) is 2.25. The Morgan fingerprint density at radius 2 is 2.42 bits per heavy atom. The van der Waals surface area contributed by atoms with Crippen LogP contribution in [0.4, 0.5) is 0 Å². The Kier molecular flexibility index (Phi) is 4.45. The maximum absolute atomic E-state index is 11.8. The SMILES string of the molecule is CC(NCC1CCCO1)(C(N)=O)c1cccc(Cl)c1. The maximum atomic E-state index is 11.8. The van der Waals surface area contributed by atoms with Gasteiger partial charge in [0.05, 0.1) is 6.10 Å². The summed E-state index contributed by atoms with van der Waals surface area (Å²) in [6, 6.07) is 7.19. The van der Waals surface area contributed by atoms with E-state index in [2.05, 4.69) is 5.32 Å². The summed E-state index contributed by atoms with van der Waals surface area (Å²) < 4.78 is 5.55. The maximum Gasteiger partial charge on any atom is 0.242 e. The van der Waals surface area contributed by atoms with Crippen LogP contribution in [0.3, 0.4) is 0 Å². The van der Waals surface area contributed by atoms with Gasteiger partial charge in [0, 0.05) is 18.2 Å². The summed E-state index contributed by atoms with van der Waals surface area (Å²) in [7, 11) is 0. The number of carbonyl (C=O) groups is 1. The fraction of sp³-hybridized carbons (Fsp3) is 0.500. The van der Waals surface area contributed by atoms with Crippen LogP contribution in [0.15, 0.2) is 24.3 Å². The van der Waals surface area contributed by atoms with Gasteiger partial charge >= 0.3 is 0 Å². The lowest BCUT2D eigenvalue weighted by Crippen LogP contribution is -2.52. The Hall–Kier alpha value is -1.10. The van der Waals surface area contributed by atoms with Crippen LogP contribution in [-0.2, 0) is 15.1 Å². The number of hydrogen-bond acceptors (Lipinski definition) is 3. The van der Waals surface area contributed by atoms with Crippen LogP contribution in [0.25, 0.3) is 0 Å². The molecule has 2 rings (SSSR count). The van der Waals surface area contributed by atoms with Crippen LogP contribution in [-0.4, -0.2) is 25.2 Å². The third kappa shape index (κ3) is 3.26. The Labute approximate surface area is 118 Å². The molecule has 0 bridgehead atoms. The van der Waals surface area contributed by atoms with Crippen molar-refractivity contribution in [2.75, 3.05) is 13.2 Å². The van der Waals surface area contributed by atoms with E-state index in [1.165, 1.54) is 0 Å². The van der Waals surface area contributed by atoms with Crippen LogP contribution in [0.5, 0.6) is 0 Å². The number of primary amides is 1. The fourth-order valence-corrected chi connectivity index (χ4v) is 2.44. The molecule has 4 nitrogen and oxygen atoms in total. The van der Waals surface area contributed by atoms with Gasteiger partial charge in [-0.15, -0.1) is 0 Å². The molecule has 1 aromatic carbocycles. The van der Waals surface area contributed by atoms with Crippen LogP contribution < -0.4 is 11.1 Å². The molecular formula is C14H19ClN2O2. The first-order valence-corrected chi connectivity index (χ1v) is 6.83. The number of halogens is 1. The Bertz CT molecular complexity index is 461. The molecule has 104 valence electrons. The van der Waals surface area contributed by atoms with Crippen molar-refractivity contribution >= 4 is 17.5 Å². The number of benzene rings is 1. The summed E-state index contributed by atoms with van der Waals surface area (Å²) in [5.41, 5.74) is 5.39. The van der Waals surface area contributed by atoms with Gasteiger partial charge in [-0.1, -0.05) is 23.7 Å². The molecule has 1 heterocycles. The number of nitrogens with one attached hydrogen (secondary N) is 1. The van der Waals surface area contributed by atoms with E-state index in [1.807, 2.05) is 12.1 Å². The third-order valence-corrected chi connectivity index (χ3v) is 3.84. The highest BCUT2D eigenvalue weighted by Crippen LogP contribution is 2.24. The molecule has 0 saturated carbocycles. The number of rotatable bonds is 5. The minimum Gasteiger partial charge on any atom is -0.377 e. The van der Waals surface area contributed by atoms with Gasteiger partial charge in [-0.05, 0) is 37.5 Å². The van der Waals surface area contributed by atoms with E-state index in [0.29, 0.717) is 11.6 Å². The minimum absolute atomic E-state index is 0.151. The molecule has 1 saturated heterocycles. The Balaban J connectivity index is 2.14. The van der Waals surface area contributed by atoms with Crippen molar-refractivity contribution in [1.29, 1.82) is 0 Å². The van der Waals surface area contributed by atoms with Gasteiger partial charge in [0.25, 0.3) is 0 Å². The predicted octanol–water partition coefficient (Wildman–Crippen LogP) is 1.81. The molecule has 0 aliphatic carbocycles. The van der Waals surface area contributed by atoms with Gasteiger partial charge in [-0.2, -0.15) is 0 Å². The Morgan fingerprint density at radius 3 is 3.00 bits per heavy atom. The van der Waals surface area contributed by atoms with Crippen LogP contribution in [0, 0.1) is 0 Å². The number of carbonyl (C=O) groups excluding carboxylic acids is 1. The van der Waals surface area contributed by atoms with E-state index in [9.17, 15) is 4.79 Å². The molecule has 1 aliphatic heterocycles. The molecule has 2 unspecified atom stereocenters. The number of hydrogen-bond donors (Lipinski definition) is 2. The van der Waals surface area contributed by atoms with Gasteiger partial charge in [0.2, 0.25) is 5.91 Å². The average molecular weight is 283 g/mol. The molecule has 1 fully saturated rings. The largest absolute Gasteiger partial charge is 0.377 e. The molecule has 1 amide bonds. The second-order valence-corrected chi connectivity index (χ2v) is 5.45. The lowest BCUT2D eigenvalue weighted by molar-refractivity contribution is -0.124. The molecule has 1 aromatic rings. The van der Waals surface area contributed by atoms with Gasteiger partial charge in [-0.3, -0.25) is 10.1 Å². The first-order chi connectivity index (χ1) is 9.02. The second kappa shape index (κ2) is 5.90. The van der Waals surface area contributed by atoms with Crippen molar-refractivity contribution in [3.8, 4) is 0 Å². The van der Waals surface area contributed by atoms with Gasteiger partial charge in [0.1, 0.15) is 5.54 Å². The molecule has 0 radical (unpaired) electrons. The molecule has 5 heteroatoms. The number of nitrogens with two attached hydrogens (primary N) is 1. The van der Waals surface area contributed by atoms with Crippen LogP contribution in [0.2, 0.25) is 5.02 Å². The van der Waals surface area contributed by atoms with E-state index in [1.54, 1.807) is 19.1 Å². The first kappa shape index (κ1) is 14.3. The van der Waals surface area contributed by atoms with Crippen molar-refractivity contribution in [2.45, 2.75) is 31.4 Å². The van der Waals surface area contributed by atoms with Crippen LogP contribution >= 0.6 is 11.6 Å². The van der Waals surface area contributed by atoms with E-state index in [-0.39, 0.29) is 6.10 Å². The standard InChI is InChI=1S/C14H19ClN2O2/c1-14(13(16)18,10-4-2-5-11(15)8-10)17-9-12-6-3-7-19-12/h2,4-5,8,12,17H,3,6-7,9H2,1H3,(H2,16,18). The summed E-state index contributed by atoms with van der Waals surface area (Å²) in [6.07, 6.45) is 2.23. The monoisotopic (exact) mass is 282 g/mol. The van der Waals surface area contributed by atoms with E-state index in [0.717, 1.165) is 25.0 Å². The molecule has 0 spiro atoms. The van der Waals surface area contributed by atoms with E-state index in [4.69, 9.17) is 22.1 Å². The molecule has 19 heavy (non-hydrogen) atoms. The van der Waals surface area contributed by atoms with Crippen molar-refractivity contribution in [3.63, 3.8) is 0 Å². The third-order valence-electron chi connectivity index (χ3n) is 3.60. The second-order valence-electron chi connectivity index (χ2n) is 5.02. The van der Waals surface area contributed by atoms with E-state index >= 15 is 0 Å². The van der Waals surface area contributed by atoms with Crippen molar-refractivity contribution in [3.05, 3.63) is 34.9 Å². The van der Waals surface area contributed by atoms with Gasteiger partial charge in [-0.25, -0.2) is 0 Å². The quantitative estimate of drug-likeness (QED) is 0.866.